The zero-order valence-corrected chi connectivity index (χ0v) is 19.5. The van der Waals surface area contributed by atoms with Gasteiger partial charge in [0.05, 0.1) is 28.2 Å². The van der Waals surface area contributed by atoms with Crippen molar-refractivity contribution in [3.63, 3.8) is 0 Å². The minimum absolute atomic E-state index is 0.00602. The van der Waals surface area contributed by atoms with Crippen LogP contribution in [0.3, 0.4) is 0 Å². The molecule has 2 aromatic carbocycles. The molecule has 1 fully saturated rings. The average Bonchev–Trinajstić information content (AvgIpc) is 2.80. The molecule has 0 radical (unpaired) electrons. The van der Waals surface area contributed by atoms with Gasteiger partial charge in [-0.2, -0.15) is 0 Å². The van der Waals surface area contributed by atoms with Gasteiger partial charge in [-0.15, -0.1) is 0 Å². The summed E-state index contributed by atoms with van der Waals surface area (Å²) in [6, 6.07) is 12.2. The Bertz CT molecular complexity index is 1310. The van der Waals surface area contributed by atoms with Gasteiger partial charge in [-0.05, 0) is 68.4 Å². The van der Waals surface area contributed by atoms with Crippen molar-refractivity contribution < 1.29 is 13.2 Å². The molecule has 0 aliphatic heterocycles. The van der Waals surface area contributed by atoms with Gasteiger partial charge in [-0.25, -0.2) is 22.9 Å². The first-order valence-electron chi connectivity index (χ1n) is 11.1. The van der Waals surface area contributed by atoms with Crippen molar-refractivity contribution in [1.29, 1.82) is 0 Å². The molecule has 0 spiro atoms. The highest BCUT2D eigenvalue weighted by Crippen LogP contribution is 2.23. The summed E-state index contributed by atoms with van der Waals surface area (Å²) in [5, 5.41) is 3.28. The molecule has 4 rings (SSSR count). The zero-order valence-electron chi connectivity index (χ0n) is 18.7. The van der Waals surface area contributed by atoms with Gasteiger partial charge in [0.25, 0.3) is 15.6 Å². The number of fused-ring (bicyclic) bond motifs is 1. The number of para-hydroxylation sites is 1. The van der Waals surface area contributed by atoms with Crippen molar-refractivity contribution >= 4 is 27.0 Å². The standard InChI is InChI=1S/C24H28N4O4S/c1-16-7-11-19(12-8-16)26-24(30)27-33(31,32)20-13-9-18(10-14-20)17(2)28-15-25-22-6-4-3-5-21(22)23(28)29/h3-6,9-10,13-17,19H,7-8,11-12H2,1-2H3,(H2,26,27,30). The third-order valence-electron chi connectivity index (χ3n) is 6.36. The van der Waals surface area contributed by atoms with Gasteiger partial charge in [0, 0.05) is 6.04 Å². The maximum atomic E-state index is 12.8. The van der Waals surface area contributed by atoms with Crippen molar-refractivity contribution in [2.45, 2.75) is 56.5 Å². The van der Waals surface area contributed by atoms with E-state index in [1.807, 2.05) is 13.0 Å². The molecule has 8 nitrogen and oxygen atoms in total. The van der Waals surface area contributed by atoms with E-state index < -0.39 is 16.1 Å². The molecule has 1 aliphatic carbocycles. The monoisotopic (exact) mass is 468 g/mol. The van der Waals surface area contributed by atoms with E-state index in [9.17, 15) is 18.0 Å². The topological polar surface area (TPSA) is 110 Å². The van der Waals surface area contributed by atoms with E-state index in [2.05, 4.69) is 21.9 Å². The number of carbonyl (C=O) groups is 1. The number of hydrogen-bond acceptors (Lipinski definition) is 5. The SMILES string of the molecule is CC1CCC(NC(=O)NS(=O)(=O)c2ccc(C(C)n3cnc4ccccc4c3=O)cc2)CC1. The van der Waals surface area contributed by atoms with Crippen molar-refractivity contribution in [2.75, 3.05) is 0 Å². The molecule has 0 saturated heterocycles. The first kappa shape index (κ1) is 23.0. The molecule has 1 aliphatic rings. The molecule has 33 heavy (non-hydrogen) atoms. The van der Waals surface area contributed by atoms with Crippen LogP contribution in [0, 0.1) is 5.92 Å². The summed E-state index contributed by atoms with van der Waals surface area (Å²) in [5.41, 5.74) is 1.20. The van der Waals surface area contributed by atoms with E-state index in [1.54, 1.807) is 30.3 Å². The second-order valence-corrected chi connectivity index (χ2v) is 10.4. The number of sulfonamides is 1. The Labute approximate surface area is 193 Å². The Kier molecular flexibility index (Phi) is 6.51. The predicted molar refractivity (Wildman–Crippen MR) is 127 cm³/mol. The number of urea groups is 1. The van der Waals surface area contributed by atoms with E-state index >= 15 is 0 Å². The number of aromatic nitrogens is 2. The lowest BCUT2D eigenvalue weighted by Gasteiger charge is -2.26. The molecular weight excluding hydrogens is 440 g/mol. The van der Waals surface area contributed by atoms with Crippen molar-refractivity contribution in [3.05, 3.63) is 70.8 Å². The fourth-order valence-corrected chi connectivity index (χ4v) is 5.16. The van der Waals surface area contributed by atoms with Crippen molar-refractivity contribution in [1.82, 2.24) is 19.6 Å². The molecule has 174 valence electrons. The molecule has 1 aromatic heterocycles. The second-order valence-electron chi connectivity index (χ2n) is 8.75. The minimum Gasteiger partial charge on any atom is -0.335 e. The number of amides is 2. The van der Waals surface area contributed by atoms with Crippen LogP contribution in [0.25, 0.3) is 10.9 Å². The fraction of sp³-hybridized carbons (Fsp3) is 0.375. The van der Waals surface area contributed by atoms with E-state index in [0.29, 0.717) is 16.8 Å². The molecule has 0 bridgehead atoms. The smallest absolute Gasteiger partial charge is 0.328 e. The van der Waals surface area contributed by atoms with Crippen LogP contribution in [0.4, 0.5) is 4.79 Å². The Hall–Kier alpha value is -3.20. The minimum atomic E-state index is -4.01. The van der Waals surface area contributed by atoms with Crippen molar-refractivity contribution in [3.8, 4) is 0 Å². The van der Waals surface area contributed by atoms with E-state index in [0.717, 1.165) is 31.2 Å². The lowest BCUT2D eigenvalue weighted by Crippen LogP contribution is -2.45. The van der Waals surface area contributed by atoms with Gasteiger partial charge in [-0.3, -0.25) is 9.36 Å². The summed E-state index contributed by atoms with van der Waals surface area (Å²) in [6.45, 7) is 4.02. The van der Waals surface area contributed by atoms with Crippen LogP contribution >= 0.6 is 0 Å². The highest BCUT2D eigenvalue weighted by molar-refractivity contribution is 7.90. The van der Waals surface area contributed by atoms with Crippen molar-refractivity contribution in [2.24, 2.45) is 5.92 Å². The van der Waals surface area contributed by atoms with Crippen LogP contribution in [0.1, 0.15) is 51.1 Å². The lowest BCUT2D eigenvalue weighted by molar-refractivity contribution is 0.233. The maximum Gasteiger partial charge on any atom is 0.328 e. The maximum absolute atomic E-state index is 12.8. The quantitative estimate of drug-likeness (QED) is 0.595. The second kappa shape index (κ2) is 9.35. The van der Waals surface area contributed by atoms with Gasteiger partial charge in [0.1, 0.15) is 0 Å². The number of carbonyl (C=O) groups excluding carboxylic acids is 1. The molecule has 1 saturated carbocycles. The first-order chi connectivity index (χ1) is 15.7. The van der Waals surface area contributed by atoms with Gasteiger partial charge >= 0.3 is 6.03 Å². The summed E-state index contributed by atoms with van der Waals surface area (Å²) >= 11 is 0. The predicted octanol–water partition coefficient (Wildman–Crippen LogP) is 3.57. The number of rotatable bonds is 5. The highest BCUT2D eigenvalue weighted by atomic mass is 32.2. The van der Waals surface area contributed by atoms with Crippen LogP contribution in [0.15, 0.2) is 64.5 Å². The molecule has 2 amide bonds. The summed E-state index contributed by atoms with van der Waals surface area (Å²) in [4.78, 5) is 29.4. The van der Waals surface area contributed by atoms with E-state index in [4.69, 9.17) is 0 Å². The van der Waals surface area contributed by atoms with Gasteiger partial charge in [0.15, 0.2) is 0 Å². The number of nitrogens with one attached hydrogen (secondary N) is 2. The number of nitrogens with zero attached hydrogens (tertiary/aromatic N) is 2. The third-order valence-corrected chi connectivity index (χ3v) is 7.71. The van der Waals surface area contributed by atoms with Crippen LogP contribution in [-0.4, -0.2) is 30.0 Å². The summed E-state index contributed by atoms with van der Waals surface area (Å²) in [5.74, 6) is 0.636. The van der Waals surface area contributed by atoms with Crippen LogP contribution < -0.4 is 15.6 Å². The third kappa shape index (κ3) is 5.08. The Morgan fingerprint density at radius 2 is 1.73 bits per heavy atom. The Morgan fingerprint density at radius 3 is 2.42 bits per heavy atom. The van der Waals surface area contributed by atoms with Gasteiger partial charge in [0.2, 0.25) is 0 Å². The molecule has 2 N–H and O–H groups in total. The van der Waals surface area contributed by atoms with Gasteiger partial charge in [-0.1, -0.05) is 31.2 Å². The molecule has 1 unspecified atom stereocenters. The molecule has 9 heteroatoms. The number of benzene rings is 2. The fourth-order valence-electron chi connectivity index (χ4n) is 4.25. The molecule has 3 aromatic rings. The number of hydrogen-bond donors (Lipinski definition) is 2. The molecular formula is C24H28N4O4S. The summed E-state index contributed by atoms with van der Waals surface area (Å²) < 4.78 is 28.9. The molecule has 1 atom stereocenters. The Balaban J connectivity index is 1.46. The average molecular weight is 469 g/mol. The lowest BCUT2D eigenvalue weighted by atomic mass is 9.87. The summed E-state index contributed by atoms with van der Waals surface area (Å²) in [6.07, 6.45) is 5.24. The largest absolute Gasteiger partial charge is 0.335 e. The highest BCUT2D eigenvalue weighted by Gasteiger charge is 2.23. The van der Waals surface area contributed by atoms with Crippen LogP contribution in [0.5, 0.6) is 0 Å². The summed E-state index contributed by atoms with van der Waals surface area (Å²) in [7, 11) is -4.01. The van der Waals surface area contributed by atoms with Crippen LogP contribution in [0.2, 0.25) is 0 Å². The van der Waals surface area contributed by atoms with E-state index in [1.165, 1.54) is 23.0 Å². The molecule has 1 heterocycles. The van der Waals surface area contributed by atoms with Gasteiger partial charge < -0.3 is 5.32 Å². The van der Waals surface area contributed by atoms with E-state index in [-0.39, 0.29) is 22.5 Å². The van der Waals surface area contributed by atoms with Crippen LogP contribution in [-0.2, 0) is 10.0 Å². The first-order valence-corrected chi connectivity index (χ1v) is 12.6. The zero-order chi connectivity index (χ0) is 23.6. The normalized spacial score (nSPS) is 19.7. The Morgan fingerprint density at radius 1 is 1.06 bits per heavy atom.